The number of alkyl carbamates (subject to hydrolysis) is 1. The van der Waals surface area contributed by atoms with Gasteiger partial charge in [0.2, 0.25) is 0 Å². The van der Waals surface area contributed by atoms with Gasteiger partial charge in [-0.1, -0.05) is 84.4 Å². The molecule has 0 radical (unpaired) electrons. The van der Waals surface area contributed by atoms with Crippen LogP contribution in [0.5, 0.6) is 0 Å². The molecule has 1 amide bonds. The molecule has 5 heteroatoms. The van der Waals surface area contributed by atoms with E-state index in [1.807, 2.05) is 24.3 Å². The van der Waals surface area contributed by atoms with Crippen LogP contribution in [-0.4, -0.2) is 25.5 Å². The van der Waals surface area contributed by atoms with E-state index in [9.17, 15) is 9.59 Å². The van der Waals surface area contributed by atoms with E-state index in [0.717, 1.165) is 6.29 Å². The fourth-order valence-electron chi connectivity index (χ4n) is 3.80. The third kappa shape index (κ3) is 4.00. The van der Waals surface area contributed by atoms with E-state index in [0.29, 0.717) is 16.1 Å². The first-order chi connectivity index (χ1) is 14.7. The monoisotopic (exact) mass is 417 g/mol. The Morgan fingerprint density at radius 3 is 2.30 bits per heavy atom. The summed E-state index contributed by atoms with van der Waals surface area (Å²) in [7, 11) is 0. The molecule has 0 aromatic heterocycles. The largest absolute Gasteiger partial charge is 0.449 e. The van der Waals surface area contributed by atoms with E-state index in [1.165, 1.54) is 22.3 Å². The molecule has 1 N–H and O–H groups in total. The predicted octanol–water partition coefficient (Wildman–Crippen LogP) is 5.70. The minimum absolute atomic E-state index is 0.0250. The Kier molecular flexibility index (Phi) is 5.96. The van der Waals surface area contributed by atoms with Crippen LogP contribution in [0.25, 0.3) is 17.2 Å². The summed E-state index contributed by atoms with van der Waals surface area (Å²) in [6.45, 7) is 0.531. The van der Waals surface area contributed by atoms with Gasteiger partial charge in [-0.05, 0) is 28.3 Å². The van der Waals surface area contributed by atoms with Gasteiger partial charge < -0.3 is 10.1 Å². The molecule has 0 spiro atoms. The summed E-state index contributed by atoms with van der Waals surface area (Å²) in [6.07, 6.45) is 3.71. The van der Waals surface area contributed by atoms with Gasteiger partial charge in [-0.15, -0.1) is 0 Å². The summed E-state index contributed by atoms with van der Waals surface area (Å²) in [4.78, 5) is 23.3. The van der Waals surface area contributed by atoms with Crippen molar-refractivity contribution in [3.63, 3.8) is 0 Å². The Morgan fingerprint density at radius 1 is 0.967 bits per heavy atom. The third-order valence-corrected chi connectivity index (χ3v) is 5.54. The topological polar surface area (TPSA) is 55.4 Å². The van der Waals surface area contributed by atoms with Crippen molar-refractivity contribution in [2.45, 2.75) is 5.92 Å². The number of halogens is 1. The van der Waals surface area contributed by atoms with Crippen molar-refractivity contribution in [1.82, 2.24) is 5.32 Å². The first-order valence-corrected chi connectivity index (χ1v) is 10.1. The fraction of sp³-hybridized carbons (Fsp3) is 0.120. The Bertz CT molecular complexity index is 1080. The van der Waals surface area contributed by atoms with Gasteiger partial charge in [-0.25, -0.2) is 4.79 Å². The van der Waals surface area contributed by atoms with Gasteiger partial charge in [0, 0.05) is 28.6 Å². The molecule has 1 aliphatic carbocycles. The van der Waals surface area contributed by atoms with Crippen LogP contribution in [0.1, 0.15) is 33.0 Å². The summed E-state index contributed by atoms with van der Waals surface area (Å²) in [6, 6.07) is 21.5. The lowest BCUT2D eigenvalue weighted by Gasteiger charge is -2.14. The number of carbonyl (C=O) groups excluding carboxylic acids is 2. The van der Waals surface area contributed by atoms with Gasteiger partial charge >= 0.3 is 6.09 Å². The highest BCUT2D eigenvalue weighted by Crippen LogP contribution is 2.44. The van der Waals surface area contributed by atoms with Crippen molar-refractivity contribution in [3.8, 4) is 11.1 Å². The third-order valence-electron chi connectivity index (χ3n) is 5.21. The molecule has 0 heterocycles. The first-order valence-electron chi connectivity index (χ1n) is 9.68. The molecule has 1 aliphatic rings. The molecule has 30 heavy (non-hydrogen) atoms. The number of nitrogens with one attached hydrogen (secondary N) is 1. The number of fused-ring (bicyclic) bond motifs is 3. The molecular formula is C25H20ClNO3. The van der Waals surface area contributed by atoms with Crippen LogP contribution in [0, 0.1) is 0 Å². The van der Waals surface area contributed by atoms with Crippen molar-refractivity contribution in [2.24, 2.45) is 0 Å². The van der Waals surface area contributed by atoms with Gasteiger partial charge in [-0.3, -0.25) is 4.79 Å². The molecular weight excluding hydrogens is 398 g/mol. The Hall–Kier alpha value is -3.37. The average molecular weight is 418 g/mol. The van der Waals surface area contributed by atoms with E-state index >= 15 is 0 Å². The van der Waals surface area contributed by atoms with Gasteiger partial charge in [0.05, 0.1) is 0 Å². The van der Waals surface area contributed by atoms with Crippen molar-refractivity contribution in [2.75, 3.05) is 13.2 Å². The van der Waals surface area contributed by atoms with E-state index in [-0.39, 0.29) is 19.1 Å². The quantitative estimate of drug-likeness (QED) is 0.523. The van der Waals surface area contributed by atoms with E-state index in [1.54, 1.807) is 30.4 Å². The predicted molar refractivity (Wildman–Crippen MR) is 119 cm³/mol. The standard InChI is InChI=1S/C25H20ClNO3/c26-24-13-5-7-17(15-28)18(24)12-6-14-27-25(29)30-16-23-21-10-3-1-8-19(21)20-9-2-4-11-22(20)23/h1-13,15,23H,14,16H2,(H,27,29). The summed E-state index contributed by atoms with van der Waals surface area (Å²) in [5.41, 5.74) is 5.85. The van der Waals surface area contributed by atoms with Crippen molar-refractivity contribution in [1.29, 1.82) is 0 Å². The second-order valence-electron chi connectivity index (χ2n) is 6.97. The summed E-state index contributed by atoms with van der Waals surface area (Å²) in [5.74, 6) is 0.0250. The number of hydrogen-bond donors (Lipinski definition) is 1. The second kappa shape index (κ2) is 8.97. The zero-order valence-electron chi connectivity index (χ0n) is 16.2. The van der Waals surface area contributed by atoms with Gasteiger partial charge in [0.1, 0.15) is 6.61 Å². The molecule has 3 aromatic carbocycles. The number of hydrogen-bond acceptors (Lipinski definition) is 3. The highest BCUT2D eigenvalue weighted by atomic mass is 35.5. The maximum absolute atomic E-state index is 12.2. The van der Waals surface area contributed by atoms with E-state index < -0.39 is 6.09 Å². The minimum Gasteiger partial charge on any atom is -0.449 e. The van der Waals surface area contributed by atoms with Crippen LogP contribution in [0.15, 0.2) is 72.8 Å². The van der Waals surface area contributed by atoms with Gasteiger partial charge in [0.15, 0.2) is 6.29 Å². The van der Waals surface area contributed by atoms with Crippen LogP contribution in [0.2, 0.25) is 5.02 Å². The Morgan fingerprint density at radius 2 is 1.63 bits per heavy atom. The molecule has 0 aliphatic heterocycles. The number of carbonyl (C=O) groups is 2. The summed E-state index contributed by atoms with van der Waals surface area (Å²) >= 11 is 6.13. The molecule has 0 unspecified atom stereocenters. The molecule has 4 nitrogen and oxygen atoms in total. The normalized spacial score (nSPS) is 12.4. The number of rotatable bonds is 6. The zero-order chi connectivity index (χ0) is 20.9. The van der Waals surface area contributed by atoms with Crippen molar-refractivity contribution in [3.05, 3.63) is 100 Å². The van der Waals surface area contributed by atoms with Crippen molar-refractivity contribution < 1.29 is 14.3 Å². The highest BCUT2D eigenvalue weighted by molar-refractivity contribution is 6.32. The van der Waals surface area contributed by atoms with Crippen LogP contribution >= 0.6 is 11.6 Å². The molecule has 0 saturated carbocycles. The molecule has 3 aromatic rings. The molecule has 0 bridgehead atoms. The lowest BCUT2D eigenvalue weighted by Crippen LogP contribution is -2.26. The molecule has 0 fully saturated rings. The SMILES string of the molecule is O=Cc1cccc(Cl)c1C=CCNC(=O)OCC1c2ccccc2-c2ccccc21. The van der Waals surface area contributed by atoms with E-state index in [4.69, 9.17) is 16.3 Å². The molecule has 4 rings (SSSR count). The lowest BCUT2D eigenvalue weighted by molar-refractivity contribution is 0.112. The fourth-order valence-corrected chi connectivity index (χ4v) is 4.05. The van der Waals surface area contributed by atoms with Gasteiger partial charge in [-0.2, -0.15) is 0 Å². The second-order valence-corrected chi connectivity index (χ2v) is 7.38. The van der Waals surface area contributed by atoms with E-state index in [2.05, 4.69) is 29.6 Å². The van der Waals surface area contributed by atoms with Crippen LogP contribution in [-0.2, 0) is 4.74 Å². The molecule has 150 valence electrons. The number of amides is 1. The summed E-state index contributed by atoms with van der Waals surface area (Å²) in [5, 5.41) is 3.19. The first kappa shape index (κ1) is 19.9. The molecule has 0 saturated heterocycles. The summed E-state index contributed by atoms with van der Waals surface area (Å²) < 4.78 is 5.49. The van der Waals surface area contributed by atoms with Crippen LogP contribution in [0.4, 0.5) is 4.79 Å². The minimum atomic E-state index is -0.490. The van der Waals surface area contributed by atoms with Crippen molar-refractivity contribution >= 4 is 30.1 Å². The number of ether oxygens (including phenoxy) is 1. The zero-order valence-corrected chi connectivity index (χ0v) is 16.9. The molecule has 0 atom stereocenters. The maximum atomic E-state index is 12.2. The number of benzene rings is 3. The Balaban J connectivity index is 1.36. The maximum Gasteiger partial charge on any atom is 0.407 e. The highest BCUT2D eigenvalue weighted by Gasteiger charge is 2.28. The number of aldehydes is 1. The average Bonchev–Trinajstić information content (AvgIpc) is 3.10. The smallest absolute Gasteiger partial charge is 0.407 e. The van der Waals surface area contributed by atoms with Gasteiger partial charge in [0.25, 0.3) is 0 Å². The lowest BCUT2D eigenvalue weighted by atomic mass is 9.98. The van der Waals surface area contributed by atoms with Crippen LogP contribution in [0.3, 0.4) is 0 Å². The van der Waals surface area contributed by atoms with Crippen LogP contribution < -0.4 is 5.32 Å². The Labute approximate surface area is 180 Å².